The molecule has 0 spiro atoms. The average Bonchev–Trinajstić information content (AvgIpc) is 2.47. The van der Waals surface area contributed by atoms with Crippen LogP contribution in [-0.2, 0) is 4.79 Å². The molecule has 1 fully saturated rings. The Hall–Kier alpha value is -1.75. The molecule has 5 nitrogen and oxygen atoms in total. The molecule has 1 aliphatic heterocycles. The van der Waals surface area contributed by atoms with Gasteiger partial charge in [0.25, 0.3) is 0 Å². The zero-order chi connectivity index (χ0) is 14.4. The van der Waals surface area contributed by atoms with Crippen molar-refractivity contribution in [2.75, 3.05) is 51.7 Å². The molecule has 0 radical (unpaired) electrons. The molecule has 1 aromatic carbocycles. The summed E-state index contributed by atoms with van der Waals surface area (Å²) in [6.07, 6.45) is 0. The fourth-order valence-corrected chi connectivity index (χ4v) is 2.23. The number of nitrogens with one attached hydrogen (secondary N) is 1. The van der Waals surface area contributed by atoms with Crippen LogP contribution in [0.15, 0.2) is 24.3 Å². The van der Waals surface area contributed by atoms with Gasteiger partial charge in [0.2, 0.25) is 5.91 Å². The first-order valence-electron chi connectivity index (χ1n) is 7.12. The van der Waals surface area contributed by atoms with E-state index in [1.165, 1.54) is 0 Å². The number of rotatable bonds is 5. The van der Waals surface area contributed by atoms with E-state index in [2.05, 4.69) is 17.3 Å². The van der Waals surface area contributed by atoms with Crippen molar-refractivity contribution in [1.82, 2.24) is 9.80 Å². The van der Waals surface area contributed by atoms with Gasteiger partial charge in [0.1, 0.15) is 5.75 Å². The highest BCUT2D eigenvalue weighted by atomic mass is 16.5. The molecule has 0 unspecified atom stereocenters. The zero-order valence-electron chi connectivity index (χ0n) is 12.3. The largest absolute Gasteiger partial charge is 0.492 e. The maximum absolute atomic E-state index is 12.2. The SMILES string of the molecule is CCOc1ccccc1NCC(=O)N1CCN(C)CC1. The molecule has 5 heteroatoms. The van der Waals surface area contributed by atoms with E-state index in [9.17, 15) is 4.79 Å². The highest BCUT2D eigenvalue weighted by molar-refractivity contribution is 5.81. The standard InChI is InChI=1S/C15H23N3O2/c1-3-20-14-7-5-4-6-13(14)16-12-15(19)18-10-8-17(2)9-11-18/h4-7,16H,3,8-12H2,1-2H3. The van der Waals surface area contributed by atoms with Crippen LogP contribution in [0, 0.1) is 0 Å². The quantitative estimate of drug-likeness (QED) is 0.880. The monoisotopic (exact) mass is 277 g/mol. The molecule has 1 amide bonds. The number of hydrogen-bond donors (Lipinski definition) is 1. The summed E-state index contributed by atoms with van der Waals surface area (Å²) < 4.78 is 5.53. The Bertz CT molecular complexity index is 442. The van der Waals surface area contributed by atoms with Gasteiger partial charge in [-0.2, -0.15) is 0 Å². The minimum Gasteiger partial charge on any atom is -0.492 e. The normalized spacial score (nSPS) is 16.0. The van der Waals surface area contributed by atoms with Crippen LogP contribution < -0.4 is 10.1 Å². The van der Waals surface area contributed by atoms with Crippen molar-refractivity contribution in [2.45, 2.75) is 6.92 Å². The van der Waals surface area contributed by atoms with Gasteiger partial charge in [-0.05, 0) is 26.1 Å². The second-order valence-corrected chi connectivity index (χ2v) is 4.97. The predicted molar refractivity (Wildman–Crippen MR) is 80.2 cm³/mol. The fraction of sp³-hybridized carbons (Fsp3) is 0.533. The van der Waals surface area contributed by atoms with Crippen LogP contribution in [0.25, 0.3) is 0 Å². The van der Waals surface area contributed by atoms with Gasteiger partial charge in [0.05, 0.1) is 18.8 Å². The van der Waals surface area contributed by atoms with E-state index in [4.69, 9.17) is 4.74 Å². The third-order valence-electron chi connectivity index (χ3n) is 3.47. The summed E-state index contributed by atoms with van der Waals surface area (Å²) in [5.74, 6) is 0.936. The number of anilines is 1. The molecule has 1 N–H and O–H groups in total. The van der Waals surface area contributed by atoms with Gasteiger partial charge in [0, 0.05) is 26.2 Å². The molecule has 0 aromatic heterocycles. The van der Waals surface area contributed by atoms with Crippen LogP contribution >= 0.6 is 0 Å². The molecule has 0 bridgehead atoms. The maximum atomic E-state index is 12.2. The lowest BCUT2D eigenvalue weighted by atomic mass is 10.3. The Balaban J connectivity index is 1.87. The number of hydrogen-bond acceptors (Lipinski definition) is 4. The number of carbonyl (C=O) groups is 1. The minimum absolute atomic E-state index is 0.143. The van der Waals surface area contributed by atoms with Crippen LogP contribution in [-0.4, -0.2) is 62.1 Å². The maximum Gasteiger partial charge on any atom is 0.241 e. The molecule has 0 aliphatic carbocycles. The van der Waals surface area contributed by atoms with Gasteiger partial charge in [-0.3, -0.25) is 4.79 Å². The van der Waals surface area contributed by atoms with Crippen molar-refractivity contribution in [3.8, 4) is 5.75 Å². The number of ether oxygens (including phenoxy) is 1. The summed E-state index contributed by atoms with van der Waals surface area (Å²) in [6, 6.07) is 7.71. The highest BCUT2D eigenvalue weighted by Gasteiger charge is 2.18. The van der Waals surface area contributed by atoms with E-state index < -0.39 is 0 Å². The molecule has 1 aromatic rings. The second kappa shape index (κ2) is 7.14. The highest BCUT2D eigenvalue weighted by Crippen LogP contribution is 2.23. The number of nitrogens with zero attached hydrogens (tertiary/aromatic N) is 2. The van der Waals surface area contributed by atoms with Crippen LogP contribution in [0.5, 0.6) is 5.75 Å². The lowest BCUT2D eigenvalue weighted by Gasteiger charge is -2.32. The van der Waals surface area contributed by atoms with Gasteiger partial charge in [-0.1, -0.05) is 12.1 Å². The van der Waals surface area contributed by atoms with E-state index in [-0.39, 0.29) is 5.91 Å². The third kappa shape index (κ3) is 3.87. The van der Waals surface area contributed by atoms with Crippen molar-refractivity contribution in [3.05, 3.63) is 24.3 Å². The van der Waals surface area contributed by atoms with Gasteiger partial charge in [-0.15, -0.1) is 0 Å². The molecule has 1 aliphatic rings. The number of amides is 1. The first kappa shape index (κ1) is 14.7. The molecule has 20 heavy (non-hydrogen) atoms. The lowest BCUT2D eigenvalue weighted by Crippen LogP contribution is -2.48. The molecule has 1 saturated heterocycles. The van der Waals surface area contributed by atoms with Crippen LogP contribution in [0.4, 0.5) is 5.69 Å². The van der Waals surface area contributed by atoms with Crippen LogP contribution in [0.1, 0.15) is 6.92 Å². The number of likely N-dealkylation sites (N-methyl/N-ethyl adjacent to an activating group) is 1. The summed E-state index contributed by atoms with van der Waals surface area (Å²) >= 11 is 0. The van der Waals surface area contributed by atoms with Crippen molar-refractivity contribution in [1.29, 1.82) is 0 Å². The Morgan fingerprint density at radius 1 is 1.25 bits per heavy atom. The summed E-state index contributed by atoms with van der Waals surface area (Å²) in [5, 5.41) is 3.18. The summed E-state index contributed by atoms with van der Waals surface area (Å²) in [5.41, 5.74) is 0.872. The second-order valence-electron chi connectivity index (χ2n) is 4.97. The minimum atomic E-state index is 0.143. The van der Waals surface area contributed by atoms with Crippen molar-refractivity contribution < 1.29 is 9.53 Å². The van der Waals surface area contributed by atoms with Gasteiger partial charge >= 0.3 is 0 Å². The van der Waals surface area contributed by atoms with Crippen molar-refractivity contribution >= 4 is 11.6 Å². The number of piperazine rings is 1. The Kier molecular flexibility index (Phi) is 5.24. The lowest BCUT2D eigenvalue weighted by molar-refractivity contribution is -0.130. The fourth-order valence-electron chi connectivity index (χ4n) is 2.23. The molecular weight excluding hydrogens is 254 g/mol. The van der Waals surface area contributed by atoms with Crippen LogP contribution in [0.3, 0.4) is 0 Å². The molecule has 1 heterocycles. The molecule has 0 saturated carbocycles. The smallest absolute Gasteiger partial charge is 0.241 e. The van der Waals surface area contributed by atoms with E-state index in [0.717, 1.165) is 37.6 Å². The predicted octanol–water partition coefficient (Wildman–Crippen LogP) is 1.27. The number of carbonyl (C=O) groups excluding carboxylic acids is 1. The van der Waals surface area contributed by atoms with Gasteiger partial charge < -0.3 is 19.9 Å². The zero-order valence-corrected chi connectivity index (χ0v) is 12.3. The van der Waals surface area contributed by atoms with Gasteiger partial charge in [0.15, 0.2) is 0 Å². The Morgan fingerprint density at radius 2 is 1.95 bits per heavy atom. The van der Waals surface area contributed by atoms with Gasteiger partial charge in [-0.25, -0.2) is 0 Å². The summed E-state index contributed by atoms with van der Waals surface area (Å²) in [7, 11) is 2.08. The van der Waals surface area contributed by atoms with Crippen molar-refractivity contribution in [2.24, 2.45) is 0 Å². The molecule has 0 atom stereocenters. The van der Waals surface area contributed by atoms with E-state index in [0.29, 0.717) is 13.2 Å². The first-order chi connectivity index (χ1) is 9.70. The Morgan fingerprint density at radius 3 is 2.65 bits per heavy atom. The number of para-hydroxylation sites is 2. The van der Waals surface area contributed by atoms with E-state index in [1.54, 1.807) is 0 Å². The van der Waals surface area contributed by atoms with Crippen molar-refractivity contribution in [3.63, 3.8) is 0 Å². The topological polar surface area (TPSA) is 44.8 Å². The molecule has 2 rings (SSSR count). The summed E-state index contributed by atoms with van der Waals surface area (Å²) in [6.45, 7) is 6.39. The first-order valence-corrected chi connectivity index (χ1v) is 7.12. The summed E-state index contributed by atoms with van der Waals surface area (Å²) in [4.78, 5) is 16.3. The average molecular weight is 277 g/mol. The molecule has 110 valence electrons. The van der Waals surface area contributed by atoms with Crippen LogP contribution in [0.2, 0.25) is 0 Å². The third-order valence-corrected chi connectivity index (χ3v) is 3.47. The van der Waals surface area contributed by atoms with E-state index in [1.807, 2.05) is 36.1 Å². The Labute approximate surface area is 120 Å². The number of benzene rings is 1. The molecular formula is C15H23N3O2. The van der Waals surface area contributed by atoms with E-state index >= 15 is 0 Å².